The van der Waals surface area contributed by atoms with Gasteiger partial charge < -0.3 is 4.74 Å². The lowest BCUT2D eigenvalue weighted by Gasteiger charge is -2.30. The minimum absolute atomic E-state index is 0.182. The van der Waals surface area contributed by atoms with Crippen LogP contribution in [0.3, 0.4) is 0 Å². The summed E-state index contributed by atoms with van der Waals surface area (Å²) in [7, 11) is 0. The van der Waals surface area contributed by atoms with E-state index >= 15 is 0 Å². The second-order valence-corrected chi connectivity index (χ2v) is 5.88. The van der Waals surface area contributed by atoms with Crippen LogP contribution < -0.4 is 0 Å². The Balaban J connectivity index is 2.15. The zero-order chi connectivity index (χ0) is 14.0. The van der Waals surface area contributed by atoms with E-state index in [9.17, 15) is 9.59 Å². The predicted molar refractivity (Wildman–Crippen MR) is 71.6 cm³/mol. The smallest absolute Gasteiger partial charge is 0.417 e. The first-order valence-electron chi connectivity index (χ1n) is 6.42. The highest BCUT2D eigenvalue weighted by molar-refractivity contribution is 5.94. The van der Waals surface area contributed by atoms with Crippen LogP contribution in [0.5, 0.6) is 0 Å². The van der Waals surface area contributed by atoms with Gasteiger partial charge in [0, 0.05) is 0 Å². The van der Waals surface area contributed by atoms with Crippen molar-refractivity contribution in [2.24, 2.45) is 5.41 Å². The molecule has 4 nitrogen and oxygen atoms in total. The van der Waals surface area contributed by atoms with Crippen LogP contribution in [0.25, 0.3) is 0 Å². The number of carbonyl (C=O) groups is 2. The summed E-state index contributed by atoms with van der Waals surface area (Å²) in [5.74, 6) is -0.200. The Hall–Kier alpha value is -1.84. The van der Waals surface area contributed by atoms with Crippen molar-refractivity contribution in [1.29, 1.82) is 0 Å². The van der Waals surface area contributed by atoms with Crippen molar-refractivity contribution in [3.05, 3.63) is 35.9 Å². The third kappa shape index (κ3) is 2.95. The van der Waals surface area contributed by atoms with Crippen LogP contribution in [-0.4, -0.2) is 29.5 Å². The van der Waals surface area contributed by atoms with Gasteiger partial charge in [-0.3, -0.25) is 4.79 Å². The molecular formula is C15H19NO3. The summed E-state index contributed by atoms with van der Waals surface area (Å²) in [6.45, 7) is 6.29. The second kappa shape index (κ2) is 5.03. The van der Waals surface area contributed by atoms with E-state index in [1.165, 1.54) is 4.90 Å². The zero-order valence-corrected chi connectivity index (χ0v) is 11.6. The molecule has 1 aliphatic rings. The number of hydrogen-bond donors (Lipinski definition) is 0. The summed E-state index contributed by atoms with van der Waals surface area (Å²) in [6.07, 6.45) is -0.302. The van der Waals surface area contributed by atoms with Crippen LogP contribution in [0.2, 0.25) is 0 Å². The molecule has 2 amide bonds. The Morgan fingerprint density at radius 2 is 1.95 bits per heavy atom. The van der Waals surface area contributed by atoms with E-state index < -0.39 is 6.09 Å². The fourth-order valence-electron chi connectivity index (χ4n) is 2.19. The Morgan fingerprint density at radius 3 is 2.53 bits per heavy atom. The summed E-state index contributed by atoms with van der Waals surface area (Å²) < 4.78 is 5.03. The van der Waals surface area contributed by atoms with Crippen molar-refractivity contribution >= 4 is 12.0 Å². The van der Waals surface area contributed by atoms with Gasteiger partial charge in [0.15, 0.2) is 0 Å². The molecule has 1 aromatic carbocycles. The van der Waals surface area contributed by atoms with E-state index in [1.807, 2.05) is 51.1 Å². The number of imide groups is 1. The Labute approximate surface area is 113 Å². The van der Waals surface area contributed by atoms with Gasteiger partial charge in [-0.1, -0.05) is 51.1 Å². The first-order chi connectivity index (χ1) is 8.89. The fourth-order valence-corrected chi connectivity index (χ4v) is 2.19. The molecule has 0 unspecified atom stereocenters. The van der Waals surface area contributed by atoms with Gasteiger partial charge in [-0.25, -0.2) is 9.69 Å². The minimum atomic E-state index is -0.527. The van der Waals surface area contributed by atoms with Gasteiger partial charge in [-0.2, -0.15) is 0 Å². The summed E-state index contributed by atoms with van der Waals surface area (Å²) >= 11 is 0. The monoisotopic (exact) mass is 261 g/mol. The van der Waals surface area contributed by atoms with Crippen molar-refractivity contribution < 1.29 is 14.3 Å². The Kier molecular flexibility index (Phi) is 3.60. The topological polar surface area (TPSA) is 46.6 Å². The number of carbonyl (C=O) groups excluding carboxylic acids is 2. The molecule has 0 radical (unpaired) electrons. The van der Waals surface area contributed by atoms with Crippen molar-refractivity contribution in [2.45, 2.75) is 33.2 Å². The molecule has 0 N–H and O–H groups in total. The molecule has 2 rings (SSSR count). The number of rotatable bonds is 2. The number of cyclic esters (lactones) is 1. The lowest BCUT2D eigenvalue weighted by atomic mass is 9.86. The lowest BCUT2D eigenvalue weighted by Crippen LogP contribution is -2.46. The van der Waals surface area contributed by atoms with Crippen LogP contribution in [0.15, 0.2) is 30.3 Å². The number of hydrogen-bond acceptors (Lipinski definition) is 3. The summed E-state index contributed by atoms with van der Waals surface area (Å²) in [4.78, 5) is 25.3. The molecule has 19 heavy (non-hydrogen) atoms. The van der Waals surface area contributed by atoms with E-state index in [1.54, 1.807) is 0 Å². The molecule has 1 aromatic rings. The molecule has 0 aromatic heterocycles. The molecular weight excluding hydrogens is 242 g/mol. The van der Waals surface area contributed by atoms with Gasteiger partial charge in [0.25, 0.3) is 0 Å². The molecule has 1 aliphatic heterocycles. The molecule has 1 saturated heterocycles. The first kappa shape index (κ1) is 13.6. The van der Waals surface area contributed by atoms with Crippen LogP contribution in [-0.2, 0) is 16.0 Å². The third-order valence-electron chi connectivity index (χ3n) is 3.34. The first-order valence-corrected chi connectivity index (χ1v) is 6.42. The largest absolute Gasteiger partial charge is 0.447 e. The highest BCUT2D eigenvalue weighted by Crippen LogP contribution is 2.29. The van der Waals surface area contributed by atoms with Gasteiger partial charge in [-0.15, -0.1) is 0 Å². The molecule has 4 heteroatoms. The number of amides is 2. The molecule has 0 aliphatic carbocycles. The van der Waals surface area contributed by atoms with E-state index in [-0.39, 0.29) is 30.4 Å². The quantitative estimate of drug-likeness (QED) is 0.822. The molecule has 0 bridgehead atoms. The van der Waals surface area contributed by atoms with Gasteiger partial charge in [0.05, 0.1) is 12.5 Å². The molecule has 0 spiro atoms. The SMILES string of the molecule is CC(C)(C)[C@H]1COC(=O)N1C(=O)Cc1ccccc1. The maximum absolute atomic E-state index is 12.3. The number of benzene rings is 1. The fraction of sp³-hybridized carbons (Fsp3) is 0.467. The zero-order valence-electron chi connectivity index (χ0n) is 11.6. The highest BCUT2D eigenvalue weighted by atomic mass is 16.6. The highest BCUT2D eigenvalue weighted by Gasteiger charge is 2.43. The van der Waals surface area contributed by atoms with Gasteiger partial charge in [0.2, 0.25) is 5.91 Å². The van der Waals surface area contributed by atoms with Crippen LogP contribution in [0.1, 0.15) is 26.3 Å². The summed E-state index contributed by atoms with van der Waals surface area (Å²) in [6, 6.07) is 9.22. The standard InChI is InChI=1S/C15H19NO3/c1-15(2,3)12-10-19-14(18)16(12)13(17)9-11-7-5-4-6-8-11/h4-8,12H,9-10H2,1-3H3/t12-/m1/s1. The average molecular weight is 261 g/mol. The Morgan fingerprint density at radius 1 is 1.32 bits per heavy atom. The van der Waals surface area contributed by atoms with Crippen LogP contribution in [0.4, 0.5) is 4.79 Å². The number of ether oxygens (including phenoxy) is 1. The molecule has 0 saturated carbocycles. The van der Waals surface area contributed by atoms with Crippen molar-refractivity contribution in [3.8, 4) is 0 Å². The second-order valence-electron chi connectivity index (χ2n) is 5.88. The van der Waals surface area contributed by atoms with Gasteiger partial charge in [-0.05, 0) is 11.0 Å². The maximum atomic E-state index is 12.3. The van der Waals surface area contributed by atoms with E-state index in [2.05, 4.69) is 0 Å². The normalized spacial score (nSPS) is 19.4. The Bertz CT molecular complexity index is 476. The maximum Gasteiger partial charge on any atom is 0.417 e. The van der Waals surface area contributed by atoms with Crippen LogP contribution >= 0.6 is 0 Å². The molecule has 1 atom stereocenters. The van der Waals surface area contributed by atoms with E-state index in [0.29, 0.717) is 0 Å². The van der Waals surface area contributed by atoms with Gasteiger partial charge in [0.1, 0.15) is 6.61 Å². The predicted octanol–water partition coefficient (Wildman–Crippen LogP) is 2.62. The van der Waals surface area contributed by atoms with Crippen molar-refractivity contribution in [3.63, 3.8) is 0 Å². The average Bonchev–Trinajstić information content (AvgIpc) is 2.72. The van der Waals surface area contributed by atoms with Crippen molar-refractivity contribution in [1.82, 2.24) is 4.90 Å². The lowest BCUT2D eigenvalue weighted by molar-refractivity contribution is -0.129. The van der Waals surface area contributed by atoms with Crippen molar-refractivity contribution in [2.75, 3.05) is 6.61 Å². The molecule has 102 valence electrons. The van der Waals surface area contributed by atoms with Gasteiger partial charge >= 0.3 is 6.09 Å². The molecule has 1 heterocycles. The number of nitrogens with zero attached hydrogens (tertiary/aromatic N) is 1. The van der Waals surface area contributed by atoms with Crippen LogP contribution in [0, 0.1) is 5.41 Å². The van der Waals surface area contributed by atoms with E-state index in [0.717, 1.165) is 5.56 Å². The molecule has 1 fully saturated rings. The summed E-state index contributed by atoms with van der Waals surface area (Å²) in [5, 5.41) is 0. The summed E-state index contributed by atoms with van der Waals surface area (Å²) in [5.41, 5.74) is 0.721. The minimum Gasteiger partial charge on any atom is -0.447 e. The van der Waals surface area contributed by atoms with E-state index in [4.69, 9.17) is 4.74 Å². The third-order valence-corrected chi connectivity index (χ3v) is 3.34.